The number of carbonyl (C=O) groups is 2. The first-order valence-electron chi connectivity index (χ1n) is 5.22. The van der Waals surface area contributed by atoms with Gasteiger partial charge in [-0.25, -0.2) is 0 Å². The van der Waals surface area contributed by atoms with Crippen LogP contribution in [0.25, 0.3) is 11.1 Å². The second kappa shape index (κ2) is 4.70. The van der Waals surface area contributed by atoms with Crippen LogP contribution in [0.2, 0.25) is 0 Å². The number of benzene rings is 1. The van der Waals surface area contributed by atoms with Gasteiger partial charge in [0.15, 0.2) is 12.1 Å². The van der Waals surface area contributed by atoms with Gasteiger partial charge in [0, 0.05) is 29.1 Å². The van der Waals surface area contributed by atoms with Gasteiger partial charge in [0.1, 0.15) is 0 Å². The lowest BCUT2D eigenvalue weighted by Gasteiger charge is -2.03. The predicted molar refractivity (Wildman–Crippen MR) is 65.1 cm³/mol. The van der Waals surface area contributed by atoms with Gasteiger partial charge in [-0.15, -0.1) is 0 Å². The maximum absolute atomic E-state index is 11.3. The average Bonchev–Trinajstić information content (AvgIpc) is 2.39. The lowest BCUT2D eigenvalue weighted by Crippen LogP contribution is -1.92. The van der Waals surface area contributed by atoms with E-state index in [1.165, 1.54) is 13.1 Å². The number of carbonyl (C=O) groups excluding carboxylic acids is 2. The molecule has 1 aromatic carbocycles. The maximum Gasteiger partial charge on any atom is 0.159 e. The van der Waals surface area contributed by atoms with Crippen molar-refractivity contribution in [2.75, 3.05) is 0 Å². The van der Waals surface area contributed by atoms with Crippen LogP contribution in [0.3, 0.4) is 0 Å². The summed E-state index contributed by atoms with van der Waals surface area (Å²) in [7, 11) is 0. The standard InChI is InChI=1S/C14H11NO2/c1-10(17)12-3-2-4-13(6-12)14-5-11(9-16)7-15-8-14/h2-9H,1H3. The molecule has 0 N–H and O–H groups in total. The molecule has 1 heterocycles. The molecule has 0 spiro atoms. The van der Waals surface area contributed by atoms with Crippen molar-refractivity contribution in [3.8, 4) is 11.1 Å². The van der Waals surface area contributed by atoms with Crippen LogP contribution in [0.5, 0.6) is 0 Å². The van der Waals surface area contributed by atoms with E-state index in [1.54, 1.807) is 24.4 Å². The molecule has 0 saturated carbocycles. The van der Waals surface area contributed by atoms with Crippen molar-refractivity contribution in [2.24, 2.45) is 0 Å². The first-order chi connectivity index (χ1) is 8.20. The quantitative estimate of drug-likeness (QED) is 0.596. The Morgan fingerprint density at radius 1 is 1.18 bits per heavy atom. The van der Waals surface area contributed by atoms with Crippen molar-refractivity contribution < 1.29 is 9.59 Å². The van der Waals surface area contributed by atoms with Gasteiger partial charge in [-0.3, -0.25) is 14.6 Å². The van der Waals surface area contributed by atoms with Gasteiger partial charge in [-0.05, 0) is 24.6 Å². The molecule has 0 aliphatic carbocycles. The predicted octanol–water partition coefficient (Wildman–Crippen LogP) is 2.76. The number of hydrogen-bond acceptors (Lipinski definition) is 3. The number of aromatic nitrogens is 1. The van der Waals surface area contributed by atoms with E-state index in [9.17, 15) is 9.59 Å². The van der Waals surface area contributed by atoms with Crippen LogP contribution < -0.4 is 0 Å². The van der Waals surface area contributed by atoms with Gasteiger partial charge < -0.3 is 0 Å². The minimum Gasteiger partial charge on any atom is -0.298 e. The molecule has 0 radical (unpaired) electrons. The van der Waals surface area contributed by atoms with E-state index in [-0.39, 0.29) is 5.78 Å². The third-order valence-corrected chi connectivity index (χ3v) is 2.50. The zero-order valence-corrected chi connectivity index (χ0v) is 9.38. The summed E-state index contributed by atoms with van der Waals surface area (Å²) < 4.78 is 0. The summed E-state index contributed by atoms with van der Waals surface area (Å²) in [5.74, 6) is 0.0198. The molecule has 0 fully saturated rings. The largest absolute Gasteiger partial charge is 0.298 e. The monoisotopic (exact) mass is 225 g/mol. The zero-order valence-electron chi connectivity index (χ0n) is 9.38. The maximum atomic E-state index is 11.3. The van der Waals surface area contributed by atoms with Crippen LogP contribution in [-0.4, -0.2) is 17.1 Å². The van der Waals surface area contributed by atoms with Crippen molar-refractivity contribution in [3.05, 3.63) is 53.9 Å². The molecule has 0 saturated heterocycles. The zero-order chi connectivity index (χ0) is 12.3. The van der Waals surface area contributed by atoms with Crippen LogP contribution in [0, 0.1) is 0 Å². The second-order valence-corrected chi connectivity index (χ2v) is 3.76. The second-order valence-electron chi connectivity index (χ2n) is 3.76. The molecule has 2 aromatic rings. The number of pyridine rings is 1. The number of aldehydes is 1. The topological polar surface area (TPSA) is 47.0 Å². The molecular formula is C14H11NO2. The summed E-state index contributed by atoms with van der Waals surface area (Å²) in [6.45, 7) is 1.53. The highest BCUT2D eigenvalue weighted by Gasteiger charge is 2.03. The van der Waals surface area contributed by atoms with Gasteiger partial charge in [-0.2, -0.15) is 0 Å². The Morgan fingerprint density at radius 3 is 2.71 bits per heavy atom. The molecule has 0 aliphatic heterocycles. The molecule has 84 valence electrons. The van der Waals surface area contributed by atoms with Crippen LogP contribution in [0.1, 0.15) is 27.6 Å². The Hall–Kier alpha value is -2.29. The summed E-state index contributed by atoms with van der Waals surface area (Å²) >= 11 is 0. The van der Waals surface area contributed by atoms with Gasteiger partial charge in [0.05, 0.1) is 0 Å². The molecule has 3 nitrogen and oxygen atoms in total. The average molecular weight is 225 g/mol. The summed E-state index contributed by atoms with van der Waals surface area (Å²) in [5, 5.41) is 0. The summed E-state index contributed by atoms with van der Waals surface area (Å²) in [6, 6.07) is 9.02. The summed E-state index contributed by atoms with van der Waals surface area (Å²) in [6.07, 6.45) is 3.93. The van der Waals surface area contributed by atoms with E-state index >= 15 is 0 Å². The van der Waals surface area contributed by atoms with E-state index < -0.39 is 0 Å². The Kier molecular flexibility index (Phi) is 3.10. The molecule has 0 bridgehead atoms. The highest BCUT2D eigenvalue weighted by atomic mass is 16.1. The molecule has 0 atom stereocenters. The third-order valence-electron chi connectivity index (χ3n) is 2.50. The van der Waals surface area contributed by atoms with E-state index in [2.05, 4.69) is 4.98 Å². The van der Waals surface area contributed by atoms with E-state index in [1.807, 2.05) is 12.1 Å². The Labute approximate surface area is 99.1 Å². The molecule has 2 rings (SSSR count). The van der Waals surface area contributed by atoms with Crippen LogP contribution in [-0.2, 0) is 0 Å². The number of ketones is 1. The van der Waals surface area contributed by atoms with Gasteiger partial charge in [-0.1, -0.05) is 18.2 Å². The number of hydrogen-bond donors (Lipinski definition) is 0. The summed E-state index contributed by atoms with van der Waals surface area (Å²) in [5.41, 5.74) is 2.89. The fourth-order valence-electron chi connectivity index (χ4n) is 1.60. The van der Waals surface area contributed by atoms with Gasteiger partial charge >= 0.3 is 0 Å². The Morgan fingerprint density at radius 2 is 2.00 bits per heavy atom. The fraction of sp³-hybridized carbons (Fsp3) is 0.0714. The van der Waals surface area contributed by atoms with Crippen molar-refractivity contribution in [1.82, 2.24) is 4.98 Å². The van der Waals surface area contributed by atoms with Crippen molar-refractivity contribution >= 4 is 12.1 Å². The molecule has 0 aliphatic rings. The highest BCUT2D eigenvalue weighted by Crippen LogP contribution is 2.20. The Balaban J connectivity index is 2.48. The molecule has 0 unspecified atom stereocenters. The molecular weight excluding hydrogens is 214 g/mol. The van der Waals surface area contributed by atoms with Crippen molar-refractivity contribution in [3.63, 3.8) is 0 Å². The normalized spacial score (nSPS) is 9.94. The third kappa shape index (κ3) is 2.45. The lowest BCUT2D eigenvalue weighted by atomic mass is 10.0. The SMILES string of the molecule is CC(=O)c1cccc(-c2cncc(C=O)c2)c1. The van der Waals surface area contributed by atoms with E-state index in [0.717, 1.165) is 17.4 Å². The minimum atomic E-state index is 0.0198. The molecule has 3 heteroatoms. The van der Waals surface area contributed by atoms with Crippen LogP contribution in [0.4, 0.5) is 0 Å². The minimum absolute atomic E-state index is 0.0198. The lowest BCUT2D eigenvalue weighted by molar-refractivity contribution is 0.101. The molecule has 1 aromatic heterocycles. The van der Waals surface area contributed by atoms with E-state index in [4.69, 9.17) is 0 Å². The van der Waals surface area contributed by atoms with Crippen molar-refractivity contribution in [2.45, 2.75) is 6.92 Å². The fourth-order valence-corrected chi connectivity index (χ4v) is 1.60. The Bertz CT molecular complexity index is 576. The first-order valence-corrected chi connectivity index (χ1v) is 5.22. The van der Waals surface area contributed by atoms with Gasteiger partial charge in [0.2, 0.25) is 0 Å². The summed E-state index contributed by atoms with van der Waals surface area (Å²) in [4.78, 5) is 25.9. The molecule has 0 amide bonds. The van der Waals surface area contributed by atoms with E-state index in [0.29, 0.717) is 11.1 Å². The number of nitrogens with zero attached hydrogens (tertiary/aromatic N) is 1. The molecule has 17 heavy (non-hydrogen) atoms. The van der Waals surface area contributed by atoms with Crippen molar-refractivity contribution in [1.29, 1.82) is 0 Å². The first kappa shape index (κ1) is 11.2. The number of rotatable bonds is 3. The highest BCUT2D eigenvalue weighted by molar-refractivity contribution is 5.95. The van der Waals surface area contributed by atoms with Crippen LogP contribution >= 0.6 is 0 Å². The number of Topliss-reactive ketones (excluding diaryl/α,β-unsaturated/α-hetero) is 1. The smallest absolute Gasteiger partial charge is 0.159 e. The van der Waals surface area contributed by atoms with Gasteiger partial charge in [0.25, 0.3) is 0 Å². The van der Waals surface area contributed by atoms with Crippen LogP contribution in [0.15, 0.2) is 42.7 Å².